The van der Waals surface area contributed by atoms with Crippen molar-refractivity contribution in [1.29, 1.82) is 0 Å². The van der Waals surface area contributed by atoms with Crippen molar-refractivity contribution in [2.45, 2.75) is 46.0 Å². The summed E-state index contributed by atoms with van der Waals surface area (Å²) in [6, 6.07) is 0. The maximum atomic E-state index is 12.1. The van der Waals surface area contributed by atoms with Crippen molar-refractivity contribution in [3.8, 4) is 0 Å². The number of likely N-dealkylation sites (tertiary alicyclic amines) is 2. The second kappa shape index (κ2) is 6.67. The van der Waals surface area contributed by atoms with E-state index in [1.807, 2.05) is 4.90 Å². The zero-order chi connectivity index (χ0) is 15.5. The highest BCUT2D eigenvalue weighted by Crippen LogP contribution is 2.39. The van der Waals surface area contributed by atoms with E-state index in [-0.39, 0.29) is 17.4 Å². The number of carbonyl (C=O) groups excluding carboxylic acids is 2. The first-order valence-corrected chi connectivity index (χ1v) is 8.06. The van der Waals surface area contributed by atoms with Crippen LogP contribution in [0.5, 0.6) is 0 Å². The van der Waals surface area contributed by atoms with Crippen molar-refractivity contribution in [1.82, 2.24) is 9.80 Å². The molecule has 5 heteroatoms. The van der Waals surface area contributed by atoms with Gasteiger partial charge in [0.25, 0.3) is 0 Å². The summed E-state index contributed by atoms with van der Waals surface area (Å²) < 4.78 is 4.86. The van der Waals surface area contributed by atoms with E-state index in [0.29, 0.717) is 12.3 Å². The van der Waals surface area contributed by atoms with Crippen LogP contribution in [0.25, 0.3) is 0 Å². The van der Waals surface area contributed by atoms with Gasteiger partial charge in [-0.1, -0.05) is 13.8 Å². The fraction of sp³-hybridized carbons (Fsp3) is 0.875. The maximum absolute atomic E-state index is 12.1. The van der Waals surface area contributed by atoms with Crippen LogP contribution in [0.3, 0.4) is 0 Å². The maximum Gasteiger partial charge on any atom is 0.409 e. The highest BCUT2D eigenvalue weighted by Gasteiger charge is 2.42. The van der Waals surface area contributed by atoms with E-state index in [0.717, 1.165) is 51.9 Å². The Morgan fingerprint density at radius 2 is 2.10 bits per heavy atom. The molecule has 0 aromatic heterocycles. The summed E-state index contributed by atoms with van der Waals surface area (Å²) in [5.41, 5.74) is 0.0807. The van der Waals surface area contributed by atoms with E-state index >= 15 is 0 Å². The van der Waals surface area contributed by atoms with Gasteiger partial charge in [0, 0.05) is 38.0 Å². The number of methoxy groups -OCH3 is 1. The Balaban J connectivity index is 2.01. The summed E-state index contributed by atoms with van der Waals surface area (Å²) in [5, 5.41) is 0. The number of hydrogen-bond acceptors (Lipinski definition) is 3. The molecular weight excluding hydrogens is 268 g/mol. The van der Waals surface area contributed by atoms with Crippen molar-refractivity contribution in [2.24, 2.45) is 11.3 Å². The van der Waals surface area contributed by atoms with Crippen LogP contribution in [0.2, 0.25) is 0 Å². The van der Waals surface area contributed by atoms with Gasteiger partial charge >= 0.3 is 6.09 Å². The van der Waals surface area contributed by atoms with Gasteiger partial charge in [0.2, 0.25) is 5.91 Å². The van der Waals surface area contributed by atoms with Gasteiger partial charge in [0.1, 0.15) is 0 Å². The first-order chi connectivity index (χ1) is 9.96. The topological polar surface area (TPSA) is 49.9 Å². The average Bonchev–Trinajstić information content (AvgIpc) is 2.47. The minimum atomic E-state index is -0.236. The lowest BCUT2D eigenvalue weighted by atomic mass is 9.73. The van der Waals surface area contributed by atoms with E-state index in [9.17, 15) is 9.59 Å². The zero-order valence-corrected chi connectivity index (χ0v) is 13.6. The quantitative estimate of drug-likeness (QED) is 0.804. The van der Waals surface area contributed by atoms with E-state index in [1.54, 1.807) is 4.90 Å². The molecule has 0 aromatic rings. The molecule has 120 valence electrons. The zero-order valence-electron chi connectivity index (χ0n) is 13.6. The number of piperidine rings is 2. The van der Waals surface area contributed by atoms with Gasteiger partial charge < -0.3 is 14.5 Å². The summed E-state index contributed by atoms with van der Waals surface area (Å²) >= 11 is 0. The van der Waals surface area contributed by atoms with Crippen LogP contribution in [0, 0.1) is 11.3 Å². The molecule has 0 bridgehead atoms. The molecule has 2 aliphatic rings. The molecule has 2 heterocycles. The smallest absolute Gasteiger partial charge is 0.409 e. The number of hydrogen-bond donors (Lipinski definition) is 0. The van der Waals surface area contributed by atoms with Crippen LogP contribution < -0.4 is 0 Å². The predicted octanol–water partition coefficient (Wildman–Crippen LogP) is 2.50. The minimum Gasteiger partial charge on any atom is -0.453 e. The van der Waals surface area contributed by atoms with Crippen molar-refractivity contribution >= 4 is 12.0 Å². The van der Waals surface area contributed by atoms with Gasteiger partial charge in [0.05, 0.1) is 7.11 Å². The second-order valence-electron chi connectivity index (χ2n) is 6.99. The lowest BCUT2D eigenvalue weighted by Gasteiger charge is -2.48. The first kappa shape index (κ1) is 16.1. The van der Waals surface area contributed by atoms with Crippen LogP contribution in [0.15, 0.2) is 0 Å². The molecule has 2 fully saturated rings. The summed E-state index contributed by atoms with van der Waals surface area (Å²) in [7, 11) is 1.43. The Bertz CT molecular complexity index is 397. The molecule has 0 saturated carbocycles. The Morgan fingerprint density at radius 3 is 2.76 bits per heavy atom. The van der Waals surface area contributed by atoms with Gasteiger partial charge in [-0.3, -0.25) is 4.79 Å². The van der Waals surface area contributed by atoms with Gasteiger partial charge in [-0.2, -0.15) is 0 Å². The lowest BCUT2D eigenvalue weighted by molar-refractivity contribution is -0.139. The summed E-state index contributed by atoms with van der Waals surface area (Å²) in [6.07, 6.45) is 4.43. The fourth-order valence-corrected chi connectivity index (χ4v) is 3.55. The molecule has 0 aliphatic carbocycles. The molecule has 21 heavy (non-hydrogen) atoms. The molecule has 2 saturated heterocycles. The van der Waals surface area contributed by atoms with Crippen molar-refractivity contribution in [2.75, 3.05) is 33.3 Å². The molecular formula is C16H28N2O3. The van der Waals surface area contributed by atoms with Gasteiger partial charge in [0.15, 0.2) is 0 Å². The van der Waals surface area contributed by atoms with Crippen LogP contribution in [-0.2, 0) is 9.53 Å². The minimum absolute atomic E-state index is 0.0807. The SMILES string of the molecule is COC(=O)N1CCC[C@@]2(CCC(=O)N(CCC(C)C)C2)C1. The monoisotopic (exact) mass is 296 g/mol. The Hall–Kier alpha value is -1.26. The number of nitrogens with zero attached hydrogens (tertiary/aromatic N) is 2. The first-order valence-electron chi connectivity index (χ1n) is 8.06. The van der Waals surface area contributed by atoms with Crippen molar-refractivity contribution in [3.05, 3.63) is 0 Å². The number of rotatable bonds is 3. The van der Waals surface area contributed by atoms with Crippen LogP contribution in [-0.4, -0.2) is 55.1 Å². The van der Waals surface area contributed by atoms with E-state index < -0.39 is 0 Å². The third-order valence-electron chi connectivity index (χ3n) is 4.82. The van der Waals surface area contributed by atoms with E-state index in [1.165, 1.54) is 7.11 Å². The van der Waals surface area contributed by atoms with Crippen molar-refractivity contribution in [3.63, 3.8) is 0 Å². The van der Waals surface area contributed by atoms with E-state index in [2.05, 4.69) is 13.8 Å². The standard InChI is InChI=1S/C16H28N2O3/c1-13(2)6-10-17-11-16(8-5-14(17)19)7-4-9-18(12-16)15(20)21-3/h13H,4-12H2,1-3H3/t16-/m0/s1. The third-order valence-corrected chi connectivity index (χ3v) is 4.82. The summed E-state index contributed by atoms with van der Waals surface area (Å²) in [6.45, 7) is 7.51. The van der Waals surface area contributed by atoms with Crippen molar-refractivity contribution < 1.29 is 14.3 Å². The average molecular weight is 296 g/mol. The van der Waals surface area contributed by atoms with Crippen LogP contribution >= 0.6 is 0 Å². The van der Waals surface area contributed by atoms with E-state index in [4.69, 9.17) is 4.74 Å². The van der Waals surface area contributed by atoms with Crippen LogP contribution in [0.1, 0.15) is 46.0 Å². The number of carbonyl (C=O) groups is 2. The predicted molar refractivity (Wildman–Crippen MR) is 80.9 cm³/mol. The largest absolute Gasteiger partial charge is 0.453 e. The normalized spacial score (nSPS) is 26.6. The highest BCUT2D eigenvalue weighted by atomic mass is 16.5. The molecule has 2 aliphatic heterocycles. The third kappa shape index (κ3) is 3.89. The molecule has 0 N–H and O–H groups in total. The van der Waals surface area contributed by atoms with Gasteiger partial charge in [-0.15, -0.1) is 0 Å². The van der Waals surface area contributed by atoms with Crippen LogP contribution in [0.4, 0.5) is 4.79 Å². The molecule has 0 radical (unpaired) electrons. The molecule has 2 rings (SSSR count). The highest BCUT2D eigenvalue weighted by molar-refractivity contribution is 5.77. The molecule has 1 atom stereocenters. The Kier molecular flexibility index (Phi) is 5.12. The molecule has 0 unspecified atom stereocenters. The molecule has 1 spiro atoms. The fourth-order valence-electron chi connectivity index (χ4n) is 3.55. The molecule has 5 nitrogen and oxygen atoms in total. The Labute approximate surface area is 127 Å². The second-order valence-corrected chi connectivity index (χ2v) is 6.99. The summed E-state index contributed by atoms with van der Waals surface area (Å²) in [5.74, 6) is 0.880. The van der Waals surface area contributed by atoms with Gasteiger partial charge in [-0.25, -0.2) is 4.79 Å². The molecule has 0 aromatic carbocycles. The number of ether oxygens (including phenoxy) is 1. The van der Waals surface area contributed by atoms with Gasteiger partial charge in [-0.05, 0) is 31.6 Å². The number of amides is 2. The Morgan fingerprint density at radius 1 is 1.33 bits per heavy atom. The molecule has 2 amide bonds. The lowest BCUT2D eigenvalue weighted by Crippen LogP contribution is -2.55. The summed E-state index contributed by atoms with van der Waals surface area (Å²) in [4.78, 5) is 27.7.